The van der Waals surface area contributed by atoms with E-state index in [1.165, 1.54) is 5.56 Å². The molecule has 0 saturated heterocycles. The van der Waals surface area contributed by atoms with Crippen molar-refractivity contribution in [2.45, 2.75) is 44.7 Å². The molecule has 0 N–H and O–H groups in total. The summed E-state index contributed by atoms with van der Waals surface area (Å²) in [5.41, 5.74) is 4.79. The summed E-state index contributed by atoms with van der Waals surface area (Å²) in [4.78, 5) is 28.2. The average molecular weight is 440 g/mol. The lowest BCUT2D eigenvalue weighted by Crippen LogP contribution is -2.24. The molecule has 0 unspecified atom stereocenters. The van der Waals surface area contributed by atoms with Crippen LogP contribution in [-0.4, -0.2) is 31.2 Å². The summed E-state index contributed by atoms with van der Waals surface area (Å²) in [7, 11) is 1.67. The van der Waals surface area contributed by atoms with Gasteiger partial charge in [0, 0.05) is 12.6 Å². The van der Waals surface area contributed by atoms with Gasteiger partial charge in [-0.15, -0.1) is 0 Å². The number of fused-ring (bicyclic) bond motifs is 4. The minimum absolute atomic E-state index is 0.00956. The van der Waals surface area contributed by atoms with Crippen molar-refractivity contribution in [3.8, 4) is 5.75 Å². The molecule has 0 amide bonds. The fourth-order valence-electron chi connectivity index (χ4n) is 5.00. The van der Waals surface area contributed by atoms with Crippen LogP contribution in [0.5, 0.6) is 5.75 Å². The molecule has 3 heterocycles. The van der Waals surface area contributed by atoms with Gasteiger partial charge >= 0.3 is 0 Å². The Morgan fingerprint density at radius 3 is 2.42 bits per heavy atom. The van der Waals surface area contributed by atoms with Crippen molar-refractivity contribution >= 4 is 33.2 Å². The van der Waals surface area contributed by atoms with Gasteiger partial charge in [0.05, 0.1) is 18.1 Å². The molecule has 1 aliphatic rings. The van der Waals surface area contributed by atoms with Crippen LogP contribution in [0.1, 0.15) is 37.3 Å². The molecule has 33 heavy (non-hydrogen) atoms. The lowest BCUT2D eigenvalue weighted by atomic mass is 10.1. The fourth-order valence-corrected chi connectivity index (χ4v) is 5.00. The number of aromatic nitrogens is 5. The molecule has 7 heteroatoms. The molecular formula is C26H25N5O2. The number of nitrogens with zero attached hydrogens (tertiary/aromatic N) is 5. The SMILES string of the molecule is COc1ccc(CCn2c3nc4ccccc4nc3c3c(=O)n(C4CCCC4)cnc32)cc1. The Hall–Kier alpha value is -3.74. The second-order valence-electron chi connectivity index (χ2n) is 8.73. The molecule has 0 spiro atoms. The molecule has 1 fully saturated rings. The maximum Gasteiger partial charge on any atom is 0.265 e. The Labute approximate surface area is 190 Å². The third-order valence-electron chi connectivity index (χ3n) is 6.78. The Morgan fingerprint density at radius 1 is 0.970 bits per heavy atom. The highest BCUT2D eigenvalue weighted by Gasteiger charge is 2.23. The Morgan fingerprint density at radius 2 is 1.70 bits per heavy atom. The fraction of sp³-hybridized carbons (Fsp3) is 0.308. The quantitative estimate of drug-likeness (QED) is 0.398. The topological polar surface area (TPSA) is 74.8 Å². The maximum atomic E-state index is 13.7. The lowest BCUT2D eigenvalue weighted by molar-refractivity contribution is 0.414. The van der Waals surface area contributed by atoms with Crippen LogP contribution in [0.3, 0.4) is 0 Å². The number of ether oxygens (including phenoxy) is 1. The molecule has 1 aliphatic carbocycles. The second kappa shape index (κ2) is 7.99. The predicted molar refractivity (Wildman–Crippen MR) is 129 cm³/mol. The van der Waals surface area contributed by atoms with Crippen LogP contribution in [0.15, 0.2) is 59.7 Å². The highest BCUT2D eigenvalue weighted by Crippen LogP contribution is 2.30. The monoisotopic (exact) mass is 439 g/mol. The van der Waals surface area contributed by atoms with Gasteiger partial charge in [0.25, 0.3) is 5.56 Å². The van der Waals surface area contributed by atoms with Gasteiger partial charge in [-0.3, -0.25) is 9.36 Å². The zero-order chi connectivity index (χ0) is 22.4. The van der Waals surface area contributed by atoms with E-state index in [4.69, 9.17) is 19.7 Å². The summed E-state index contributed by atoms with van der Waals surface area (Å²) in [6, 6.07) is 16.1. The number of rotatable bonds is 5. The molecule has 6 rings (SSSR count). The van der Waals surface area contributed by atoms with Crippen molar-refractivity contribution < 1.29 is 4.74 Å². The summed E-state index contributed by atoms with van der Waals surface area (Å²) >= 11 is 0. The third kappa shape index (κ3) is 3.35. The van der Waals surface area contributed by atoms with Gasteiger partial charge in [-0.05, 0) is 49.1 Å². The predicted octanol–water partition coefficient (Wildman–Crippen LogP) is 4.66. The molecule has 1 saturated carbocycles. The van der Waals surface area contributed by atoms with Crippen LogP contribution in [0.25, 0.3) is 33.2 Å². The van der Waals surface area contributed by atoms with Crippen molar-refractivity contribution in [3.63, 3.8) is 0 Å². The lowest BCUT2D eigenvalue weighted by Gasteiger charge is -2.13. The molecule has 0 bridgehead atoms. The van der Waals surface area contributed by atoms with Gasteiger partial charge in [0.2, 0.25) is 0 Å². The molecular weight excluding hydrogens is 414 g/mol. The van der Waals surface area contributed by atoms with E-state index in [2.05, 4.69) is 16.7 Å². The highest BCUT2D eigenvalue weighted by atomic mass is 16.5. The first-order valence-corrected chi connectivity index (χ1v) is 11.5. The van der Waals surface area contributed by atoms with E-state index < -0.39 is 0 Å². The van der Waals surface area contributed by atoms with E-state index in [1.807, 2.05) is 41.0 Å². The van der Waals surface area contributed by atoms with Crippen molar-refractivity contribution in [2.24, 2.45) is 0 Å². The first kappa shape index (κ1) is 19.9. The number of hydrogen-bond donors (Lipinski definition) is 0. The zero-order valence-electron chi connectivity index (χ0n) is 18.6. The van der Waals surface area contributed by atoms with Crippen molar-refractivity contribution in [3.05, 3.63) is 70.8 Å². The number of para-hydroxylation sites is 2. The van der Waals surface area contributed by atoms with Crippen LogP contribution < -0.4 is 10.3 Å². The van der Waals surface area contributed by atoms with Gasteiger partial charge in [0.15, 0.2) is 11.3 Å². The number of aryl methyl sites for hydroxylation is 2. The van der Waals surface area contributed by atoms with E-state index in [0.717, 1.165) is 48.9 Å². The van der Waals surface area contributed by atoms with Crippen LogP contribution in [0.4, 0.5) is 0 Å². The summed E-state index contributed by atoms with van der Waals surface area (Å²) < 4.78 is 9.14. The normalized spacial score (nSPS) is 14.6. The zero-order valence-corrected chi connectivity index (χ0v) is 18.6. The number of benzene rings is 2. The van der Waals surface area contributed by atoms with Gasteiger partial charge in [0.1, 0.15) is 23.0 Å². The molecule has 2 aromatic carbocycles. The first-order valence-electron chi connectivity index (χ1n) is 11.5. The molecule has 7 nitrogen and oxygen atoms in total. The Kier molecular flexibility index (Phi) is 4.82. The van der Waals surface area contributed by atoms with Crippen LogP contribution in [0.2, 0.25) is 0 Å². The minimum atomic E-state index is -0.00956. The largest absolute Gasteiger partial charge is 0.497 e. The molecule has 3 aromatic heterocycles. The summed E-state index contributed by atoms with van der Waals surface area (Å²) in [6.45, 7) is 0.652. The van der Waals surface area contributed by atoms with E-state index >= 15 is 0 Å². The summed E-state index contributed by atoms with van der Waals surface area (Å²) in [6.07, 6.45) is 6.87. The number of methoxy groups -OCH3 is 1. The maximum absolute atomic E-state index is 13.7. The Balaban J connectivity index is 1.53. The molecule has 166 valence electrons. The standard InChI is InChI=1S/C26H25N5O2/c1-33-19-12-10-17(11-13-19)14-15-30-24-22(26(32)31(16-27-24)18-6-2-3-7-18)23-25(30)29-21-9-5-4-8-20(21)28-23/h4-5,8-13,16,18H,2-3,6-7,14-15H2,1H3. The number of hydrogen-bond acceptors (Lipinski definition) is 5. The minimum Gasteiger partial charge on any atom is -0.497 e. The first-order chi connectivity index (χ1) is 16.2. The van der Waals surface area contributed by atoms with Gasteiger partial charge in [-0.25, -0.2) is 15.0 Å². The highest BCUT2D eigenvalue weighted by molar-refractivity contribution is 6.04. The summed E-state index contributed by atoms with van der Waals surface area (Å²) in [5, 5.41) is 0.576. The Bertz CT molecular complexity index is 1530. The van der Waals surface area contributed by atoms with Crippen molar-refractivity contribution in [1.82, 2.24) is 24.1 Å². The van der Waals surface area contributed by atoms with Crippen LogP contribution in [0, 0.1) is 0 Å². The van der Waals surface area contributed by atoms with E-state index in [9.17, 15) is 4.79 Å². The smallest absolute Gasteiger partial charge is 0.265 e. The third-order valence-corrected chi connectivity index (χ3v) is 6.78. The van der Waals surface area contributed by atoms with Gasteiger partial charge in [-0.2, -0.15) is 0 Å². The summed E-state index contributed by atoms with van der Waals surface area (Å²) in [5.74, 6) is 0.835. The molecule has 0 radical (unpaired) electrons. The second-order valence-corrected chi connectivity index (χ2v) is 8.73. The molecule has 0 atom stereocenters. The van der Waals surface area contributed by atoms with Crippen molar-refractivity contribution in [1.29, 1.82) is 0 Å². The van der Waals surface area contributed by atoms with Crippen LogP contribution >= 0.6 is 0 Å². The van der Waals surface area contributed by atoms with Crippen LogP contribution in [-0.2, 0) is 13.0 Å². The van der Waals surface area contributed by atoms with Crippen molar-refractivity contribution in [2.75, 3.05) is 7.11 Å². The van der Waals surface area contributed by atoms with E-state index in [0.29, 0.717) is 28.7 Å². The molecule has 0 aliphatic heterocycles. The van der Waals surface area contributed by atoms with E-state index in [1.54, 1.807) is 13.4 Å². The average Bonchev–Trinajstić information content (AvgIpc) is 3.49. The van der Waals surface area contributed by atoms with Gasteiger partial charge < -0.3 is 9.30 Å². The van der Waals surface area contributed by atoms with Gasteiger partial charge in [-0.1, -0.05) is 37.1 Å². The molecule has 5 aromatic rings. The van der Waals surface area contributed by atoms with E-state index in [-0.39, 0.29) is 11.6 Å².